The predicted molar refractivity (Wildman–Crippen MR) is 95.7 cm³/mol. The molecule has 0 atom stereocenters. The second kappa shape index (κ2) is 8.41. The Balaban J connectivity index is 4.43. The summed E-state index contributed by atoms with van der Waals surface area (Å²) in [7, 11) is -6.86. The lowest BCUT2D eigenvalue weighted by atomic mass is 9.86. The van der Waals surface area contributed by atoms with Crippen LogP contribution >= 0.6 is 0 Å². The molecule has 0 heterocycles. The van der Waals surface area contributed by atoms with Gasteiger partial charge in [0.05, 0.1) is 0 Å². The van der Waals surface area contributed by atoms with E-state index in [-0.39, 0.29) is 17.4 Å². The van der Waals surface area contributed by atoms with Gasteiger partial charge in [0, 0.05) is 23.9 Å². The van der Waals surface area contributed by atoms with Crippen LogP contribution in [0.1, 0.15) is 47.5 Å². The van der Waals surface area contributed by atoms with E-state index in [2.05, 4.69) is 16.0 Å². The van der Waals surface area contributed by atoms with Crippen molar-refractivity contribution >= 4 is 20.0 Å². The monoisotopic (exact) mass is 366 g/mol. The van der Waals surface area contributed by atoms with Crippen LogP contribution < -0.4 is 9.44 Å². The summed E-state index contributed by atoms with van der Waals surface area (Å²) in [5, 5.41) is 2.04. The third kappa shape index (κ3) is 12.4. The topological polar surface area (TPSA) is 92.3 Å². The van der Waals surface area contributed by atoms with Crippen molar-refractivity contribution in [2.45, 2.75) is 47.5 Å². The van der Waals surface area contributed by atoms with Gasteiger partial charge < -0.3 is 0 Å². The van der Waals surface area contributed by atoms with Crippen LogP contribution in [0.15, 0.2) is 23.5 Å². The van der Waals surface area contributed by atoms with E-state index in [1.807, 2.05) is 34.6 Å². The number of allylic oxidation sites excluding steroid dienone is 1. The molecule has 0 bridgehead atoms. The highest BCUT2D eigenvalue weighted by atomic mass is 32.2. The minimum absolute atomic E-state index is 0.123. The predicted octanol–water partition coefficient (Wildman–Crippen LogP) is 2.33. The summed E-state index contributed by atoms with van der Waals surface area (Å²) in [5.74, 6) is 0. The molecule has 0 unspecified atom stereocenters. The molecule has 136 valence electrons. The van der Waals surface area contributed by atoms with E-state index in [0.29, 0.717) is 19.4 Å². The van der Waals surface area contributed by atoms with Crippen LogP contribution in [0, 0.1) is 10.8 Å². The highest BCUT2D eigenvalue weighted by Gasteiger charge is 2.18. The molecular formula is C15H30N2O4S2. The fraction of sp³-hybridized carbons (Fsp3) is 0.733. The molecule has 0 radical (unpaired) electrons. The lowest BCUT2D eigenvalue weighted by molar-refractivity contribution is 0.341. The van der Waals surface area contributed by atoms with Gasteiger partial charge >= 0.3 is 0 Å². The molecule has 0 saturated carbocycles. The van der Waals surface area contributed by atoms with Crippen LogP contribution in [0.2, 0.25) is 0 Å². The van der Waals surface area contributed by atoms with Gasteiger partial charge in [-0.05, 0) is 23.7 Å². The van der Waals surface area contributed by atoms with E-state index in [0.717, 1.165) is 5.41 Å². The summed E-state index contributed by atoms with van der Waals surface area (Å²) in [6, 6.07) is 0. The third-order valence-electron chi connectivity index (χ3n) is 3.07. The number of rotatable bonds is 10. The molecule has 0 aliphatic carbocycles. The maximum atomic E-state index is 11.8. The van der Waals surface area contributed by atoms with Gasteiger partial charge in [0.15, 0.2) is 0 Å². The molecule has 0 aliphatic heterocycles. The molecular weight excluding hydrogens is 336 g/mol. The van der Waals surface area contributed by atoms with Crippen molar-refractivity contribution in [3.05, 3.63) is 23.5 Å². The smallest absolute Gasteiger partial charge is 0.212 e. The van der Waals surface area contributed by atoms with Crippen molar-refractivity contribution in [1.29, 1.82) is 0 Å². The molecule has 0 rings (SSSR count). The van der Waals surface area contributed by atoms with Crippen molar-refractivity contribution < 1.29 is 16.8 Å². The molecule has 0 spiro atoms. The fourth-order valence-corrected chi connectivity index (χ4v) is 3.14. The highest BCUT2D eigenvalue weighted by Crippen LogP contribution is 2.25. The Morgan fingerprint density at radius 1 is 0.957 bits per heavy atom. The van der Waals surface area contributed by atoms with Crippen molar-refractivity contribution in [2.24, 2.45) is 10.8 Å². The zero-order valence-corrected chi connectivity index (χ0v) is 16.4. The highest BCUT2D eigenvalue weighted by molar-refractivity contribution is 7.92. The van der Waals surface area contributed by atoms with Crippen LogP contribution in [0.25, 0.3) is 0 Å². The molecule has 0 fully saturated rings. The van der Waals surface area contributed by atoms with Crippen molar-refractivity contribution in [1.82, 2.24) is 9.44 Å². The normalized spacial score (nSPS) is 14.3. The summed E-state index contributed by atoms with van der Waals surface area (Å²) in [6.45, 7) is 13.6. The Hall–Kier alpha value is -0.700. The second-order valence-electron chi connectivity index (χ2n) is 7.52. The molecule has 6 nitrogen and oxygen atoms in total. The molecule has 2 N–H and O–H groups in total. The first-order valence-electron chi connectivity index (χ1n) is 7.46. The summed E-state index contributed by atoms with van der Waals surface area (Å²) >= 11 is 0. The zero-order chi connectivity index (χ0) is 18.4. The molecule has 0 aromatic heterocycles. The lowest BCUT2D eigenvalue weighted by Gasteiger charge is -2.22. The van der Waals surface area contributed by atoms with Gasteiger partial charge in [-0.2, -0.15) is 0 Å². The Kier molecular flexibility index (Phi) is 8.16. The maximum absolute atomic E-state index is 11.8. The Bertz CT molecular complexity index is 612. The van der Waals surface area contributed by atoms with E-state index in [9.17, 15) is 16.8 Å². The van der Waals surface area contributed by atoms with Crippen LogP contribution in [0.4, 0.5) is 0 Å². The summed E-state index contributed by atoms with van der Waals surface area (Å²) in [4.78, 5) is 0. The average Bonchev–Trinajstić information content (AvgIpc) is 2.35. The van der Waals surface area contributed by atoms with E-state index in [4.69, 9.17) is 0 Å². The average molecular weight is 367 g/mol. The largest absolute Gasteiger partial charge is 0.233 e. The van der Waals surface area contributed by atoms with Gasteiger partial charge in [0.1, 0.15) is 0 Å². The molecule has 8 heteroatoms. The number of nitrogens with one attached hydrogen (secondary N) is 2. The van der Waals surface area contributed by atoms with Crippen LogP contribution in [0.3, 0.4) is 0 Å². The fourth-order valence-electron chi connectivity index (χ4n) is 1.55. The molecule has 0 aliphatic rings. The SMILES string of the molecule is C=CS(=O)(=O)NCCC(C)(C)C/C=C\S(=O)(=O)NCC(C)(C)C. The minimum Gasteiger partial charge on any atom is -0.212 e. The molecule has 0 saturated heterocycles. The first-order valence-corrected chi connectivity index (χ1v) is 10.6. The minimum atomic E-state index is -3.44. The lowest BCUT2D eigenvalue weighted by Crippen LogP contribution is -2.31. The van der Waals surface area contributed by atoms with E-state index < -0.39 is 20.0 Å². The van der Waals surface area contributed by atoms with Gasteiger partial charge in [-0.25, -0.2) is 26.3 Å². The maximum Gasteiger partial charge on any atom is 0.233 e. The van der Waals surface area contributed by atoms with E-state index >= 15 is 0 Å². The quantitative estimate of drug-likeness (QED) is 0.621. The second-order valence-corrected chi connectivity index (χ2v) is 10.9. The summed E-state index contributed by atoms with van der Waals surface area (Å²) < 4.78 is 51.1. The van der Waals surface area contributed by atoms with Crippen LogP contribution in [0.5, 0.6) is 0 Å². The Labute approximate surface area is 141 Å². The van der Waals surface area contributed by atoms with Gasteiger partial charge in [0.2, 0.25) is 20.0 Å². The van der Waals surface area contributed by atoms with Crippen LogP contribution in [-0.2, 0) is 20.0 Å². The number of hydrogen-bond acceptors (Lipinski definition) is 4. The Morgan fingerprint density at radius 2 is 1.52 bits per heavy atom. The van der Waals surface area contributed by atoms with E-state index in [1.165, 1.54) is 5.41 Å². The number of hydrogen-bond donors (Lipinski definition) is 2. The van der Waals surface area contributed by atoms with Crippen molar-refractivity contribution in [3.8, 4) is 0 Å². The van der Waals surface area contributed by atoms with Gasteiger partial charge in [-0.1, -0.05) is 47.3 Å². The third-order valence-corrected chi connectivity index (χ3v) is 5.22. The van der Waals surface area contributed by atoms with E-state index in [1.54, 1.807) is 6.08 Å². The van der Waals surface area contributed by atoms with Gasteiger partial charge in [0.25, 0.3) is 0 Å². The van der Waals surface area contributed by atoms with Crippen molar-refractivity contribution in [2.75, 3.05) is 13.1 Å². The van der Waals surface area contributed by atoms with Crippen molar-refractivity contribution in [3.63, 3.8) is 0 Å². The first-order chi connectivity index (χ1) is 10.2. The zero-order valence-electron chi connectivity index (χ0n) is 14.7. The Morgan fingerprint density at radius 3 is 2.00 bits per heavy atom. The summed E-state index contributed by atoms with van der Waals surface area (Å²) in [6.07, 6.45) is 2.71. The number of sulfonamides is 2. The molecule has 0 aromatic rings. The molecule has 0 aromatic carbocycles. The van der Waals surface area contributed by atoms with Gasteiger partial charge in [-0.3, -0.25) is 0 Å². The van der Waals surface area contributed by atoms with Gasteiger partial charge in [-0.15, -0.1) is 0 Å². The first kappa shape index (κ1) is 22.3. The standard InChI is InChI=1S/C15H30N2O4S2/c1-7-22(18,19)16-11-10-15(5,6)9-8-12-23(20,21)17-13-14(2,3)4/h7-8,12,16-17H,1,9-11,13H2,2-6H3/b12-8-. The van der Waals surface area contributed by atoms with Crippen LogP contribution in [-0.4, -0.2) is 29.9 Å². The molecule has 0 amide bonds. The summed E-state index contributed by atoms with van der Waals surface area (Å²) in [5.41, 5.74) is -0.345. The molecule has 23 heavy (non-hydrogen) atoms.